The molecular formula is C21H34FN5O. The number of benzene rings is 1. The monoisotopic (exact) mass is 391 g/mol. The third-order valence-corrected chi connectivity index (χ3v) is 6.12. The van der Waals surface area contributed by atoms with Crippen LogP contribution in [0.3, 0.4) is 0 Å². The van der Waals surface area contributed by atoms with Crippen LogP contribution >= 0.6 is 0 Å². The highest BCUT2D eigenvalue weighted by Gasteiger charge is 2.35. The van der Waals surface area contributed by atoms with Crippen molar-refractivity contribution in [3.05, 3.63) is 30.1 Å². The summed E-state index contributed by atoms with van der Waals surface area (Å²) in [6.07, 6.45) is 4.19. The number of aliphatic imine (C=N–C) groups is 1. The third kappa shape index (κ3) is 5.14. The number of halogens is 1. The van der Waals surface area contributed by atoms with Gasteiger partial charge in [-0.3, -0.25) is 4.99 Å². The molecule has 0 saturated carbocycles. The number of hydrogen-bond acceptors (Lipinski definition) is 4. The lowest BCUT2D eigenvalue weighted by Gasteiger charge is -2.43. The van der Waals surface area contributed by atoms with Crippen molar-refractivity contribution in [3.63, 3.8) is 0 Å². The molecule has 0 amide bonds. The highest BCUT2D eigenvalue weighted by Crippen LogP contribution is 2.25. The van der Waals surface area contributed by atoms with Crippen LogP contribution in [-0.2, 0) is 4.74 Å². The smallest absolute Gasteiger partial charge is 0.191 e. The number of piperidine rings is 1. The first-order chi connectivity index (χ1) is 13.5. The van der Waals surface area contributed by atoms with Gasteiger partial charge in [-0.05, 0) is 58.0 Å². The molecule has 0 aromatic heterocycles. The molecule has 2 aliphatic heterocycles. The predicted octanol–water partition coefficient (Wildman–Crippen LogP) is 2.07. The van der Waals surface area contributed by atoms with E-state index in [1.807, 2.05) is 13.1 Å². The Bertz CT molecular complexity index is 660. The molecule has 2 aliphatic rings. The van der Waals surface area contributed by atoms with E-state index in [0.717, 1.165) is 70.2 Å². The predicted molar refractivity (Wildman–Crippen MR) is 113 cm³/mol. The van der Waals surface area contributed by atoms with Gasteiger partial charge in [-0.15, -0.1) is 0 Å². The van der Waals surface area contributed by atoms with Crippen LogP contribution in [0.15, 0.2) is 29.3 Å². The Morgan fingerprint density at radius 2 is 2.14 bits per heavy atom. The number of rotatable bonds is 5. The minimum Gasteiger partial charge on any atom is -0.381 e. The van der Waals surface area contributed by atoms with Crippen LogP contribution in [0.2, 0.25) is 0 Å². The van der Waals surface area contributed by atoms with Crippen molar-refractivity contribution < 1.29 is 9.13 Å². The van der Waals surface area contributed by atoms with E-state index in [0.29, 0.717) is 0 Å². The summed E-state index contributed by atoms with van der Waals surface area (Å²) in [5.74, 6) is 0.648. The Hall–Kier alpha value is -1.86. The van der Waals surface area contributed by atoms with E-state index in [4.69, 9.17) is 4.74 Å². The van der Waals surface area contributed by atoms with Crippen molar-refractivity contribution in [1.29, 1.82) is 0 Å². The van der Waals surface area contributed by atoms with E-state index in [1.165, 1.54) is 6.07 Å². The molecule has 1 unspecified atom stereocenters. The molecule has 1 aromatic carbocycles. The summed E-state index contributed by atoms with van der Waals surface area (Å²) in [6.45, 7) is 4.24. The number of likely N-dealkylation sites (N-methyl/N-ethyl adjacent to an activating group) is 1. The summed E-state index contributed by atoms with van der Waals surface area (Å²) in [5.41, 5.74) is 1.04. The molecule has 0 bridgehead atoms. The minimum absolute atomic E-state index is 0.0933. The average molecular weight is 392 g/mol. The van der Waals surface area contributed by atoms with E-state index in [1.54, 1.807) is 12.1 Å². The molecule has 1 aromatic rings. The average Bonchev–Trinajstić information content (AvgIpc) is 2.72. The van der Waals surface area contributed by atoms with E-state index >= 15 is 0 Å². The van der Waals surface area contributed by atoms with Crippen LogP contribution in [0.25, 0.3) is 0 Å². The molecule has 1 atom stereocenters. The molecule has 28 heavy (non-hydrogen) atoms. The number of nitrogens with one attached hydrogen (secondary N) is 2. The fourth-order valence-electron chi connectivity index (χ4n) is 4.17. The summed E-state index contributed by atoms with van der Waals surface area (Å²) >= 11 is 0. The van der Waals surface area contributed by atoms with Gasteiger partial charge in [0.15, 0.2) is 5.96 Å². The number of nitrogens with zero attached hydrogens (tertiary/aromatic N) is 3. The molecule has 6 nitrogen and oxygen atoms in total. The van der Waals surface area contributed by atoms with Crippen molar-refractivity contribution in [1.82, 2.24) is 15.5 Å². The Morgan fingerprint density at radius 1 is 1.36 bits per heavy atom. The Balaban J connectivity index is 1.56. The van der Waals surface area contributed by atoms with E-state index in [-0.39, 0.29) is 17.4 Å². The molecule has 156 valence electrons. The number of guanidine groups is 1. The Labute approximate surface area is 168 Å². The minimum atomic E-state index is -0.185. The maximum atomic E-state index is 13.6. The summed E-state index contributed by atoms with van der Waals surface area (Å²) < 4.78 is 19.1. The van der Waals surface area contributed by atoms with Crippen molar-refractivity contribution in [3.8, 4) is 0 Å². The van der Waals surface area contributed by atoms with Gasteiger partial charge in [-0.1, -0.05) is 6.07 Å². The van der Waals surface area contributed by atoms with Gasteiger partial charge in [0.2, 0.25) is 0 Å². The standard InChI is InChI=1S/C21H34FN5O/c1-23-20(24-16-21(26(2)3)9-12-28-13-10-21)25-18-7-5-11-27(15-18)19-8-4-6-17(22)14-19/h4,6,8,14,18H,5,7,9-13,15-16H2,1-3H3,(H2,23,24,25). The summed E-state index contributed by atoms with van der Waals surface area (Å²) in [5, 5.41) is 7.10. The second-order valence-electron chi connectivity index (χ2n) is 8.07. The molecule has 2 saturated heterocycles. The Morgan fingerprint density at radius 3 is 2.82 bits per heavy atom. The molecule has 0 spiro atoms. The summed E-state index contributed by atoms with van der Waals surface area (Å²) in [6, 6.07) is 7.14. The lowest BCUT2D eigenvalue weighted by Crippen LogP contribution is -2.58. The van der Waals surface area contributed by atoms with Crippen LogP contribution < -0.4 is 15.5 Å². The zero-order valence-electron chi connectivity index (χ0n) is 17.4. The normalized spacial score (nSPS) is 23.0. The van der Waals surface area contributed by atoms with Gasteiger partial charge in [-0.25, -0.2) is 4.39 Å². The van der Waals surface area contributed by atoms with Crippen LogP contribution in [0, 0.1) is 5.82 Å². The quantitative estimate of drug-likeness (QED) is 0.595. The fraction of sp³-hybridized carbons (Fsp3) is 0.667. The lowest BCUT2D eigenvalue weighted by molar-refractivity contribution is -0.00503. The maximum absolute atomic E-state index is 13.6. The molecule has 7 heteroatoms. The van der Waals surface area contributed by atoms with Gasteiger partial charge in [0, 0.05) is 57.2 Å². The van der Waals surface area contributed by atoms with Gasteiger partial charge < -0.3 is 25.2 Å². The zero-order chi connectivity index (χ0) is 20.0. The molecule has 0 radical (unpaired) electrons. The van der Waals surface area contributed by atoms with Crippen LogP contribution in [0.4, 0.5) is 10.1 Å². The first kappa shape index (κ1) is 20.9. The lowest BCUT2D eigenvalue weighted by atomic mass is 9.88. The maximum Gasteiger partial charge on any atom is 0.191 e. The largest absolute Gasteiger partial charge is 0.381 e. The van der Waals surface area contributed by atoms with Crippen molar-refractivity contribution >= 4 is 11.6 Å². The third-order valence-electron chi connectivity index (χ3n) is 6.12. The molecular weight excluding hydrogens is 357 g/mol. The van der Waals surface area contributed by atoms with Crippen LogP contribution in [0.1, 0.15) is 25.7 Å². The van der Waals surface area contributed by atoms with E-state index in [9.17, 15) is 4.39 Å². The van der Waals surface area contributed by atoms with Gasteiger partial charge in [0.25, 0.3) is 0 Å². The van der Waals surface area contributed by atoms with E-state index < -0.39 is 0 Å². The van der Waals surface area contributed by atoms with Gasteiger partial charge in [-0.2, -0.15) is 0 Å². The zero-order valence-corrected chi connectivity index (χ0v) is 17.4. The molecule has 3 rings (SSSR count). The number of anilines is 1. The van der Waals surface area contributed by atoms with E-state index in [2.05, 4.69) is 39.5 Å². The van der Waals surface area contributed by atoms with Gasteiger partial charge in [0.05, 0.1) is 0 Å². The van der Waals surface area contributed by atoms with Crippen molar-refractivity contribution in [2.75, 3.05) is 58.9 Å². The topological polar surface area (TPSA) is 52.1 Å². The second-order valence-corrected chi connectivity index (χ2v) is 8.07. The number of hydrogen-bond donors (Lipinski definition) is 2. The van der Waals surface area contributed by atoms with Crippen LogP contribution in [-0.4, -0.2) is 76.4 Å². The van der Waals surface area contributed by atoms with Crippen molar-refractivity contribution in [2.24, 2.45) is 4.99 Å². The number of ether oxygens (including phenoxy) is 1. The van der Waals surface area contributed by atoms with Crippen LogP contribution in [0.5, 0.6) is 0 Å². The summed E-state index contributed by atoms with van der Waals surface area (Å²) in [7, 11) is 6.09. The highest BCUT2D eigenvalue weighted by atomic mass is 19.1. The van der Waals surface area contributed by atoms with Crippen molar-refractivity contribution in [2.45, 2.75) is 37.3 Å². The first-order valence-corrected chi connectivity index (χ1v) is 10.3. The van der Waals surface area contributed by atoms with Gasteiger partial charge >= 0.3 is 0 Å². The van der Waals surface area contributed by atoms with Gasteiger partial charge in [0.1, 0.15) is 5.82 Å². The molecule has 2 fully saturated rings. The Kier molecular flexibility index (Phi) is 7.13. The highest BCUT2D eigenvalue weighted by molar-refractivity contribution is 5.80. The molecule has 2 N–H and O–H groups in total. The molecule has 0 aliphatic carbocycles. The molecule has 2 heterocycles. The second kappa shape index (κ2) is 9.56. The summed E-state index contributed by atoms with van der Waals surface area (Å²) in [4.78, 5) is 8.99. The SMILES string of the molecule is CN=C(NCC1(N(C)C)CCOCC1)NC1CCCN(c2cccc(F)c2)C1. The first-order valence-electron chi connectivity index (χ1n) is 10.3. The fourth-order valence-corrected chi connectivity index (χ4v) is 4.17.